The van der Waals surface area contributed by atoms with Gasteiger partial charge in [-0.25, -0.2) is 15.6 Å². The topological polar surface area (TPSA) is 58.8 Å². The lowest BCUT2D eigenvalue weighted by Gasteiger charge is -2.34. The summed E-state index contributed by atoms with van der Waals surface area (Å²) < 4.78 is 5.17. The average Bonchev–Trinajstić information content (AvgIpc) is 2.15. The Hall–Kier alpha value is -0.810. The zero-order valence-corrected chi connectivity index (χ0v) is 9.82. The summed E-state index contributed by atoms with van der Waals surface area (Å²) in [4.78, 5) is 11.6. The van der Waals surface area contributed by atoms with Crippen molar-refractivity contribution < 1.29 is 9.53 Å². The molecule has 1 aliphatic heterocycles. The fraction of sp³-hybridized carbons (Fsp3) is 0.900. The number of amides is 1. The molecule has 0 aliphatic carbocycles. The van der Waals surface area contributed by atoms with E-state index < -0.39 is 11.7 Å². The number of hydrogen-bond acceptors (Lipinski definition) is 4. The second kappa shape index (κ2) is 4.81. The highest BCUT2D eigenvalue weighted by molar-refractivity contribution is 5.66. The van der Waals surface area contributed by atoms with Gasteiger partial charge in [0.05, 0.1) is 0 Å². The van der Waals surface area contributed by atoms with Crippen molar-refractivity contribution in [1.29, 1.82) is 0 Å². The lowest BCUT2D eigenvalue weighted by atomic mass is 10.2. The van der Waals surface area contributed by atoms with Crippen LogP contribution in [0.2, 0.25) is 0 Å². The molecule has 1 saturated heterocycles. The molecule has 0 saturated carbocycles. The number of ether oxygens (including phenoxy) is 1. The summed E-state index contributed by atoms with van der Waals surface area (Å²) in [6, 6.07) is 0. The average molecular weight is 215 g/mol. The van der Waals surface area contributed by atoms with E-state index in [-0.39, 0.29) is 0 Å². The van der Waals surface area contributed by atoms with Gasteiger partial charge in [-0.15, -0.1) is 0 Å². The van der Waals surface area contributed by atoms with Crippen molar-refractivity contribution in [3.8, 4) is 0 Å². The van der Waals surface area contributed by atoms with Crippen LogP contribution in [-0.4, -0.2) is 34.9 Å². The molecule has 1 fully saturated rings. The number of rotatable bonds is 1. The van der Waals surface area contributed by atoms with E-state index >= 15 is 0 Å². The van der Waals surface area contributed by atoms with Crippen LogP contribution in [0.4, 0.5) is 4.79 Å². The Balaban J connectivity index is 2.44. The summed E-state index contributed by atoms with van der Waals surface area (Å²) in [6.45, 7) is 7.14. The molecule has 88 valence electrons. The number of carbonyl (C=O) groups excluding carboxylic acids is 1. The third-order valence-electron chi connectivity index (χ3n) is 2.22. The summed E-state index contributed by atoms with van der Waals surface area (Å²) in [5.41, 5.74) is -0.496. The first-order valence-electron chi connectivity index (χ1n) is 5.43. The Labute approximate surface area is 91.1 Å². The molecule has 0 atom stereocenters. The van der Waals surface area contributed by atoms with Crippen LogP contribution in [0.1, 0.15) is 40.0 Å². The van der Waals surface area contributed by atoms with Gasteiger partial charge in [0.15, 0.2) is 0 Å². The van der Waals surface area contributed by atoms with Crippen LogP contribution < -0.4 is 5.84 Å². The Morgan fingerprint density at radius 3 is 2.27 bits per heavy atom. The van der Waals surface area contributed by atoms with E-state index in [1.165, 1.54) is 6.42 Å². The van der Waals surface area contributed by atoms with Crippen molar-refractivity contribution >= 4 is 6.09 Å². The van der Waals surface area contributed by atoms with Crippen molar-refractivity contribution in [2.24, 2.45) is 5.84 Å². The fourth-order valence-corrected chi connectivity index (χ4v) is 1.52. The van der Waals surface area contributed by atoms with Crippen LogP contribution in [0.5, 0.6) is 0 Å². The predicted octanol–water partition coefficient (Wildman–Crippen LogP) is 1.50. The van der Waals surface area contributed by atoms with Crippen molar-refractivity contribution in [1.82, 2.24) is 10.1 Å². The molecular weight excluding hydrogens is 194 g/mol. The maximum Gasteiger partial charge on any atom is 0.439 e. The van der Waals surface area contributed by atoms with Gasteiger partial charge in [-0.05, 0) is 33.6 Å². The van der Waals surface area contributed by atoms with Crippen LogP contribution in [-0.2, 0) is 4.74 Å². The van der Waals surface area contributed by atoms with E-state index in [4.69, 9.17) is 10.6 Å². The van der Waals surface area contributed by atoms with Crippen molar-refractivity contribution in [3.05, 3.63) is 0 Å². The molecular formula is C10H21N3O2. The van der Waals surface area contributed by atoms with Gasteiger partial charge in [0, 0.05) is 13.1 Å². The van der Waals surface area contributed by atoms with Gasteiger partial charge in [-0.1, -0.05) is 6.42 Å². The summed E-state index contributed by atoms with van der Waals surface area (Å²) in [7, 11) is 0. The number of carbonyl (C=O) groups is 1. The molecule has 2 N–H and O–H groups in total. The first kappa shape index (κ1) is 12.3. The minimum absolute atomic E-state index is 0.482. The molecule has 0 aromatic heterocycles. The van der Waals surface area contributed by atoms with Crippen molar-refractivity contribution in [3.63, 3.8) is 0 Å². The largest absolute Gasteiger partial charge is 0.442 e. The first-order valence-corrected chi connectivity index (χ1v) is 5.43. The zero-order valence-electron chi connectivity index (χ0n) is 9.82. The number of hydrogen-bond donors (Lipinski definition) is 1. The van der Waals surface area contributed by atoms with Crippen LogP contribution >= 0.6 is 0 Å². The van der Waals surface area contributed by atoms with Crippen molar-refractivity contribution in [2.75, 3.05) is 13.1 Å². The van der Waals surface area contributed by atoms with Gasteiger partial charge < -0.3 is 4.74 Å². The maximum atomic E-state index is 11.6. The highest BCUT2D eigenvalue weighted by atomic mass is 16.6. The Kier molecular flexibility index (Phi) is 3.93. The number of hydrazine groups is 2. The summed E-state index contributed by atoms with van der Waals surface area (Å²) in [5.74, 6) is 5.68. The molecule has 5 heteroatoms. The molecule has 0 aromatic carbocycles. The third-order valence-corrected chi connectivity index (χ3v) is 2.22. The van der Waals surface area contributed by atoms with Crippen molar-refractivity contribution in [2.45, 2.75) is 45.6 Å². The van der Waals surface area contributed by atoms with E-state index in [9.17, 15) is 4.79 Å². The van der Waals surface area contributed by atoms with Crippen LogP contribution in [0.3, 0.4) is 0 Å². The number of piperidine rings is 1. The molecule has 5 nitrogen and oxygen atoms in total. The van der Waals surface area contributed by atoms with Gasteiger partial charge in [0.1, 0.15) is 5.60 Å². The van der Waals surface area contributed by atoms with Gasteiger partial charge in [0.2, 0.25) is 0 Å². The molecule has 1 heterocycles. The van der Waals surface area contributed by atoms with Gasteiger partial charge >= 0.3 is 6.09 Å². The molecule has 0 bridgehead atoms. The van der Waals surface area contributed by atoms with E-state index in [0.717, 1.165) is 31.0 Å². The normalized spacial score (nSPS) is 18.7. The quantitative estimate of drug-likeness (QED) is 0.409. The standard InChI is InChI=1S/C10H21N3O2/c1-10(2,3)15-9(14)13(11)12-7-5-4-6-8-12/h4-8,11H2,1-3H3. The number of nitrogens with two attached hydrogens (primary N) is 1. The highest BCUT2D eigenvalue weighted by Crippen LogP contribution is 2.13. The maximum absolute atomic E-state index is 11.6. The Morgan fingerprint density at radius 2 is 1.80 bits per heavy atom. The van der Waals surface area contributed by atoms with Gasteiger partial charge in [-0.2, -0.15) is 5.12 Å². The Morgan fingerprint density at radius 1 is 1.27 bits per heavy atom. The molecule has 1 amide bonds. The molecule has 1 aliphatic rings. The molecule has 0 spiro atoms. The van der Waals surface area contributed by atoms with E-state index in [0.29, 0.717) is 0 Å². The highest BCUT2D eigenvalue weighted by Gasteiger charge is 2.25. The van der Waals surface area contributed by atoms with Gasteiger partial charge in [0.25, 0.3) is 0 Å². The predicted molar refractivity (Wildman–Crippen MR) is 57.7 cm³/mol. The van der Waals surface area contributed by atoms with Gasteiger partial charge in [-0.3, -0.25) is 0 Å². The SMILES string of the molecule is CC(C)(C)OC(=O)N(N)N1CCCCC1. The second-order valence-corrected chi connectivity index (χ2v) is 4.84. The smallest absolute Gasteiger partial charge is 0.439 e. The zero-order chi connectivity index (χ0) is 11.5. The van der Waals surface area contributed by atoms with E-state index in [1.54, 1.807) is 0 Å². The minimum Gasteiger partial charge on any atom is -0.442 e. The molecule has 1 rings (SSSR count). The van der Waals surface area contributed by atoms with E-state index in [1.807, 2.05) is 25.8 Å². The van der Waals surface area contributed by atoms with E-state index in [2.05, 4.69) is 0 Å². The molecule has 0 unspecified atom stereocenters. The molecule has 15 heavy (non-hydrogen) atoms. The Bertz CT molecular complexity index is 219. The first-order chi connectivity index (χ1) is 6.90. The fourth-order valence-electron chi connectivity index (χ4n) is 1.52. The van der Waals surface area contributed by atoms with Crippen LogP contribution in [0.25, 0.3) is 0 Å². The van der Waals surface area contributed by atoms with Crippen LogP contribution in [0.15, 0.2) is 0 Å². The minimum atomic E-state index is -0.496. The lowest BCUT2D eigenvalue weighted by Crippen LogP contribution is -2.54. The van der Waals surface area contributed by atoms with Crippen LogP contribution in [0, 0.1) is 0 Å². The summed E-state index contributed by atoms with van der Waals surface area (Å²) in [5, 5.41) is 2.93. The number of nitrogens with zero attached hydrogens (tertiary/aromatic N) is 2. The second-order valence-electron chi connectivity index (χ2n) is 4.84. The molecule has 0 radical (unpaired) electrons. The third kappa shape index (κ3) is 4.05. The summed E-state index contributed by atoms with van der Waals surface area (Å²) >= 11 is 0. The summed E-state index contributed by atoms with van der Waals surface area (Å²) in [6.07, 6.45) is 2.88. The lowest BCUT2D eigenvalue weighted by molar-refractivity contribution is -0.0599. The monoisotopic (exact) mass is 215 g/mol. The molecule has 0 aromatic rings.